The van der Waals surface area contributed by atoms with Crippen molar-refractivity contribution in [3.8, 4) is 0 Å². The summed E-state index contributed by atoms with van der Waals surface area (Å²) in [6.07, 6.45) is 3.50. The van der Waals surface area contributed by atoms with E-state index in [1.54, 1.807) is 12.4 Å². The molecule has 1 heterocycles. The molecule has 0 aromatic carbocycles. The van der Waals surface area contributed by atoms with Gasteiger partial charge < -0.3 is 0 Å². The molecule has 1 aromatic heterocycles. The van der Waals surface area contributed by atoms with Crippen molar-refractivity contribution in [2.45, 2.75) is 0 Å². The number of aromatic nitrogens is 1. The monoisotopic (exact) mass is 188 g/mol. The first-order valence-corrected chi connectivity index (χ1v) is 1.85. The van der Waals surface area contributed by atoms with Gasteiger partial charge in [-0.3, -0.25) is 4.98 Å². The Hall–Kier alpha value is 0.0584. The van der Waals surface area contributed by atoms with E-state index in [1.165, 1.54) is 0 Å². The van der Waals surface area contributed by atoms with Gasteiger partial charge in [-0.2, -0.15) is 13.5 Å². The van der Waals surface area contributed by atoms with Crippen LogP contribution in [0.2, 0.25) is 0 Å². The maximum absolute atomic E-state index is 3.78. The van der Waals surface area contributed by atoms with Crippen molar-refractivity contribution in [1.29, 1.82) is 0 Å². The maximum Gasteiger partial charge on any atom is 0.0267 e. The molecule has 3 heteroatoms. The topological polar surface area (TPSA) is 12.9 Å². The third-order valence-corrected chi connectivity index (χ3v) is 0.566. The second kappa shape index (κ2) is 7.06. The summed E-state index contributed by atoms with van der Waals surface area (Å²) in [5, 5.41) is 0. The third kappa shape index (κ3) is 4.22. The van der Waals surface area contributed by atoms with Crippen molar-refractivity contribution in [3.05, 3.63) is 30.6 Å². The van der Waals surface area contributed by atoms with Gasteiger partial charge >= 0.3 is 0 Å². The van der Waals surface area contributed by atoms with Crippen LogP contribution in [0.1, 0.15) is 0 Å². The molecule has 8 heavy (non-hydrogen) atoms. The first kappa shape index (κ1) is 10.9. The zero-order valence-electron chi connectivity index (χ0n) is 4.28. The van der Waals surface area contributed by atoms with E-state index < -0.39 is 0 Å². The molecule has 0 spiro atoms. The first-order valence-electron chi connectivity index (χ1n) is 1.85. The zero-order valence-corrected chi connectivity index (χ0v) is 7.16. The quantitative estimate of drug-likeness (QED) is 0.549. The van der Waals surface area contributed by atoms with E-state index in [1.807, 2.05) is 18.2 Å². The molecule has 0 N–H and O–H groups in total. The Kier molecular flexibility index (Phi) is 9.65. The van der Waals surface area contributed by atoms with Gasteiger partial charge in [0.2, 0.25) is 0 Å². The molecule has 0 aliphatic rings. The average molecular weight is 188 g/mol. The third-order valence-electron chi connectivity index (χ3n) is 0.566. The van der Waals surface area contributed by atoms with Crippen LogP contribution in [0.15, 0.2) is 30.6 Å². The van der Waals surface area contributed by atoms with E-state index in [0.29, 0.717) is 0 Å². The minimum Gasteiger partial charge on any atom is -0.265 e. The fourth-order valence-corrected chi connectivity index (χ4v) is 0.313. The average Bonchev–Trinajstić information content (AvgIpc) is 1.72. The minimum atomic E-state index is 0. The van der Waals surface area contributed by atoms with Crippen molar-refractivity contribution in [3.63, 3.8) is 0 Å². The van der Waals surface area contributed by atoms with Gasteiger partial charge in [0.05, 0.1) is 0 Å². The van der Waals surface area contributed by atoms with Crippen molar-refractivity contribution >= 4 is 31.4 Å². The maximum atomic E-state index is 3.78. The van der Waals surface area contributed by atoms with Crippen molar-refractivity contribution in [2.75, 3.05) is 0 Å². The van der Waals surface area contributed by atoms with E-state index in [9.17, 15) is 0 Å². The van der Waals surface area contributed by atoms with E-state index in [0.717, 1.165) is 0 Å². The standard InChI is InChI=1S/C5H5N.As.H2S/c1-2-4-6-5-3-1;;/h1-5H;;1H2. The number of hydrogen-bond acceptors (Lipinski definition) is 1. The normalized spacial score (nSPS) is 6.00. The summed E-state index contributed by atoms with van der Waals surface area (Å²) in [7, 11) is 0. The second-order valence-corrected chi connectivity index (χ2v) is 1.02. The van der Waals surface area contributed by atoms with Crippen LogP contribution in [0, 0.1) is 0 Å². The van der Waals surface area contributed by atoms with Gasteiger partial charge in [0, 0.05) is 30.3 Å². The number of nitrogens with zero attached hydrogens (tertiary/aromatic N) is 1. The number of rotatable bonds is 0. The fourth-order valence-electron chi connectivity index (χ4n) is 0.313. The Morgan fingerprint density at radius 3 is 1.50 bits per heavy atom. The fraction of sp³-hybridized carbons (Fsp3) is 0. The largest absolute Gasteiger partial charge is 0.265 e. The summed E-state index contributed by atoms with van der Waals surface area (Å²) in [4.78, 5) is 3.78. The molecule has 0 bridgehead atoms. The molecule has 0 aliphatic heterocycles. The van der Waals surface area contributed by atoms with Crippen LogP contribution in [0.25, 0.3) is 0 Å². The Bertz CT molecular complexity index is 84.4. The van der Waals surface area contributed by atoms with Gasteiger partial charge in [0.1, 0.15) is 0 Å². The van der Waals surface area contributed by atoms with E-state index >= 15 is 0 Å². The van der Waals surface area contributed by atoms with Crippen LogP contribution in [0.4, 0.5) is 0 Å². The predicted octanol–water partition coefficient (Wildman–Crippen LogP) is 0.814. The Balaban J connectivity index is 0. The molecule has 43 valence electrons. The molecule has 0 saturated carbocycles. The van der Waals surface area contributed by atoms with Gasteiger partial charge in [-0.05, 0) is 12.1 Å². The van der Waals surface area contributed by atoms with Gasteiger partial charge in [0.25, 0.3) is 0 Å². The van der Waals surface area contributed by atoms with E-state index in [4.69, 9.17) is 0 Å². The number of hydrogen-bond donors (Lipinski definition) is 0. The molecule has 1 nitrogen and oxygen atoms in total. The summed E-state index contributed by atoms with van der Waals surface area (Å²) in [5.41, 5.74) is 0. The molecule has 1 aromatic rings. The summed E-state index contributed by atoms with van der Waals surface area (Å²) in [6, 6.07) is 5.72. The van der Waals surface area contributed by atoms with E-state index in [2.05, 4.69) is 4.98 Å². The molecular formula is C5H7AsNS. The molecule has 0 aliphatic carbocycles. The molecule has 0 unspecified atom stereocenters. The molecule has 0 atom stereocenters. The molecule has 0 saturated heterocycles. The Morgan fingerprint density at radius 1 is 0.875 bits per heavy atom. The van der Waals surface area contributed by atoms with Crippen molar-refractivity contribution in [2.24, 2.45) is 0 Å². The molecule has 0 amide bonds. The van der Waals surface area contributed by atoms with Crippen LogP contribution in [0.5, 0.6) is 0 Å². The summed E-state index contributed by atoms with van der Waals surface area (Å²) < 4.78 is 0. The van der Waals surface area contributed by atoms with E-state index in [-0.39, 0.29) is 31.4 Å². The van der Waals surface area contributed by atoms with Gasteiger partial charge in [0.15, 0.2) is 0 Å². The Labute approximate surface area is 67.3 Å². The minimum absolute atomic E-state index is 0. The Morgan fingerprint density at radius 2 is 1.38 bits per heavy atom. The zero-order chi connectivity index (χ0) is 4.24. The molecule has 0 fully saturated rings. The summed E-state index contributed by atoms with van der Waals surface area (Å²) >= 11 is 0. The summed E-state index contributed by atoms with van der Waals surface area (Å²) in [6.45, 7) is 0. The van der Waals surface area contributed by atoms with Crippen LogP contribution < -0.4 is 0 Å². The van der Waals surface area contributed by atoms with Gasteiger partial charge in [-0.15, -0.1) is 0 Å². The van der Waals surface area contributed by atoms with Crippen LogP contribution in [0.3, 0.4) is 0 Å². The van der Waals surface area contributed by atoms with Gasteiger partial charge in [-0.1, -0.05) is 6.07 Å². The first-order chi connectivity index (χ1) is 3.00. The van der Waals surface area contributed by atoms with Crippen molar-refractivity contribution < 1.29 is 0 Å². The molecule has 3 radical (unpaired) electrons. The van der Waals surface area contributed by atoms with Crippen LogP contribution in [-0.2, 0) is 0 Å². The van der Waals surface area contributed by atoms with Crippen molar-refractivity contribution in [1.82, 2.24) is 4.98 Å². The summed E-state index contributed by atoms with van der Waals surface area (Å²) in [5.74, 6) is 0. The van der Waals surface area contributed by atoms with Gasteiger partial charge in [-0.25, -0.2) is 0 Å². The molecule has 1 rings (SSSR count). The predicted molar refractivity (Wildman–Crippen MR) is 40.4 cm³/mol. The number of pyridine rings is 1. The van der Waals surface area contributed by atoms with Crippen LogP contribution >= 0.6 is 13.5 Å². The van der Waals surface area contributed by atoms with Crippen LogP contribution in [-0.4, -0.2) is 22.9 Å². The smallest absolute Gasteiger partial charge is 0.0267 e. The SMILES string of the molecule is S.[As].c1ccncc1. The molecular weight excluding hydrogens is 181 g/mol. The second-order valence-electron chi connectivity index (χ2n) is 1.02.